The number of rotatable bonds is 4. The molecule has 0 N–H and O–H groups in total. The van der Waals surface area contributed by atoms with Gasteiger partial charge < -0.3 is 4.52 Å². The van der Waals surface area contributed by atoms with E-state index in [4.69, 9.17) is 4.52 Å². The minimum Gasteiger partial charge on any atom is -0.361 e. The SMILES string of the molecule is CCCc1cc(CC(C)C)no1. The Bertz CT molecular complexity index is 227. The van der Waals surface area contributed by atoms with Crippen molar-refractivity contribution in [3.8, 4) is 0 Å². The van der Waals surface area contributed by atoms with Gasteiger partial charge in [-0.15, -0.1) is 0 Å². The third kappa shape index (κ3) is 2.68. The molecule has 12 heavy (non-hydrogen) atoms. The van der Waals surface area contributed by atoms with Crippen LogP contribution in [0.25, 0.3) is 0 Å². The standard InChI is InChI=1S/C10H17NO/c1-4-5-10-7-9(11-12-10)6-8(2)3/h7-8H,4-6H2,1-3H3. The average Bonchev–Trinajstić information content (AvgIpc) is 2.36. The molecule has 0 atom stereocenters. The molecule has 0 amide bonds. The maximum atomic E-state index is 5.16. The van der Waals surface area contributed by atoms with Gasteiger partial charge in [-0.05, 0) is 18.8 Å². The normalized spacial score (nSPS) is 11.0. The summed E-state index contributed by atoms with van der Waals surface area (Å²) in [4.78, 5) is 0. The molecule has 0 saturated carbocycles. The van der Waals surface area contributed by atoms with Crippen LogP contribution in [0.2, 0.25) is 0 Å². The first-order valence-electron chi connectivity index (χ1n) is 4.66. The molecule has 1 aromatic rings. The van der Waals surface area contributed by atoms with E-state index in [1.807, 2.05) is 0 Å². The summed E-state index contributed by atoms with van der Waals surface area (Å²) in [6.45, 7) is 6.52. The van der Waals surface area contributed by atoms with Crippen molar-refractivity contribution in [2.45, 2.75) is 40.0 Å². The van der Waals surface area contributed by atoms with Gasteiger partial charge in [0.15, 0.2) is 0 Å². The highest BCUT2D eigenvalue weighted by atomic mass is 16.5. The van der Waals surface area contributed by atoms with Crippen molar-refractivity contribution in [2.75, 3.05) is 0 Å². The van der Waals surface area contributed by atoms with Gasteiger partial charge in [0.05, 0.1) is 5.69 Å². The molecule has 68 valence electrons. The smallest absolute Gasteiger partial charge is 0.136 e. The second-order valence-electron chi connectivity index (χ2n) is 3.63. The second kappa shape index (κ2) is 4.29. The molecule has 0 saturated heterocycles. The summed E-state index contributed by atoms with van der Waals surface area (Å²) in [5.41, 5.74) is 1.09. The fraction of sp³-hybridized carbons (Fsp3) is 0.700. The number of hydrogen-bond donors (Lipinski definition) is 0. The van der Waals surface area contributed by atoms with E-state index in [0.717, 1.165) is 30.7 Å². The van der Waals surface area contributed by atoms with Gasteiger partial charge in [0.2, 0.25) is 0 Å². The van der Waals surface area contributed by atoms with Crippen LogP contribution in [0, 0.1) is 5.92 Å². The highest BCUT2D eigenvalue weighted by Gasteiger charge is 2.04. The molecule has 1 rings (SSSR count). The lowest BCUT2D eigenvalue weighted by atomic mass is 10.1. The van der Waals surface area contributed by atoms with Crippen molar-refractivity contribution in [1.29, 1.82) is 0 Å². The van der Waals surface area contributed by atoms with Crippen LogP contribution >= 0.6 is 0 Å². The molecular weight excluding hydrogens is 150 g/mol. The van der Waals surface area contributed by atoms with Crippen LogP contribution in [-0.2, 0) is 12.8 Å². The molecule has 0 radical (unpaired) electrons. The Labute approximate surface area is 74.0 Å². The van der Waals surface area contributed by atoms with Gasteiger partial charge in [0, 0.05) is 12.5 Å². The highest BCUT2D eigenvalue weighted by Crippen LogP contribution is 2.10. The van der Waals surface area contributed by atoms with E-state index in [9.17, 15) is 0 Å². The zero-order chi connectivity index (χ0) is 8.97. The molecule has 0 aliphatic heterocycles. The van der Waals surface area contributed by atoms with Gasteiger partial charge in [0.25, 0.3) is 0 Å². The van der Waals surface area contributed by atoms with Crippen molar-refractivity contribution < 1.29 is 4.52 Å². The van der Waals surface area contributed by atoms with Crippen molar-refractivity contribution in [2.24, 2.45) is 5.92 Å². The quantitative estimate of drug-likeness (QED) is 0.689. The summed E-state index contributed by atoms with van der Waals surface area (Å²) in [6.07, 6.45) is 3.15. The third-order valence-electron chi connectivity index (χ3n) is 1.72. The molecule has 2 heteroatoms. The number of aryl methyl sites for hydroxylation is 1. The first-order valence-corrected chi connectivity index (χ1v) is 4.66. The number of aromatic nitrogens is 1. The molecule has 1 aromatic heterocycles. The first-order chi connectivity index (χ1) is 5.72. The van der Waals surface area contributed by atoms with E-state index in [-0.39, 0.29) is 0 Å². The van der Waals surface area contributed by atoms with Crippen molar-refractivity contribution in [3.63, 3.8) is 0 Å². The summed E-state index contributed by atoms with van der Waals surface area (Å²) in [7, 11) is 0. The van der Waals surface area contributed by atoms with E-state index < -0.39 is 0 Å². The molecule has 1 heterocycles. The molecular formula is C10H17NO. The lowest BCUT2D eigenvalue weighted by Crippen LogP contribution is -1.93. The first kappa shape index (κ1) is 9.30. The molecule has 0 spiro atoms. The molecule has 2 nitrogen and oxygen atoms in total. The Kier molecular flexibility index (Phi) is 3.32. The molecule has 0 fully saturated rings. The largest absolute Gasteiger partial charge is 0.361 e. The summed E-state index contributed by atoms with van der Waals surface area (Å²) < 4.78 is 5.16. The van der Waals surface area contributed by atoms with Crippen LogP contribution in [0.4, 0.5) is 0 Å². The Morgan fingerprint density at radius 2 is 2.25 bits per heavy atom. The van der Waals surface area contributed by atoms with E-state index in [1.165, 1.54) is 0 Å². The molecule has 0 bridgehead atoms. The summed E-state index contributed by atoms with van der Waals surface area (Å²) in [5, 5.41) is 4.00. The van der Waals surface area contributed by atoms with Crippen LogP contribution < -0.4 is 0 Å². The Hall–Kier alpha value is -0.790. The molecule has 0 aliphatic carbocycles. The fourth-order valence-corrected chi connectivity index (χ4v) is 1.23. The van der Waals surface area contributed by atoms with Crippen LogP contribution in [0.15, 0.2) is 10.6 Å². The number of nitrogens with zero attached hydrogens (tertiary/aromatic N) is 1. The van der Waals surface area contributed by atoms with Crippen LogP contribution in [0.1, 0.15) is 38.6 Å². The third-order valence-corrected chi connectivity index (χ3v) is 1.72. The highest BCUT2D eigenvalue weighted by molar-refractivity contribution is 5.05. The lowest BCUT2D eigenvalue weighted by Gasteiger charge is -1.96. The van der Waals surface area contributed by atoms with Gasteiger partial charge in [-0.25, -0.2) is 0 Å². The molecule has 0 aliphatic rings. The monoisotopic (exact) mass is 167 g/mol. The van der Waals surface area contributed by atoms with Gasteiger partial charge in [-0.1, -0.05) is 25.9 Å². The Morgan fingerprint density at radius 3 is 2.83 bits per heavy atom. The van der Waals surface area contributed by atoms with Crippen LogP contribution in [0.3, 0.4) is 0 Å². The number of hydrogen-bond acceptors (Lipinski definition) is 2. The van der Waals surface area contributed by atoms with E-state index in [2.05, 4.69) is 32.0 Å². The topological polar surface area (TPSA) is 26.0 Å². The van der Waals surface area contributed by atoms with Crippen LogP contribution in [-0.4, -0.2) is 5.16 Å². The predicted octanol–water partition coefficient (Wildman–Crippen LogP) is 2.83. The zero-order valence-corrected chi connectivity index (χ0v) is 8.13. The van der Waals surface area contributed by atoms with Crippen LogP contribution in [0.5, 0.6) is 0 Å². The zero-order valence-electron chi connectivity index (χ0n) is 8.13. The average molecular weight is 167 g/mol. The minimum atomic E-state index is 0.657. The molecule has 0 unspecified atom stereocenters. The van der Waals surface area contributed by atoms with Gasteiger partial charge in [-0.3, -0.25) is 0 Å². The van der Waals surface area contributed by atoms with Gasteiger partial charge in [-0.2, -0.15) is 0 Å². The maximum absolute atomic E-state index is 5.16. The van der Waals surface area contributed by atoms with Crippen molar-refractivity contribution >= 4 is 0 Å². The van der Waals surface area contributed by atoms with E-state index in [1.54, 1.807) is 0 Å². The summed E-state index contributed by atoms with van der Waals surface area (Å²) >= 11 is 0. The predicted molar refractivity (Wildman–Crippen MR) is 49.0 cm³/mol. The summed E-state index contributed by atoms with van der Waals surface area (Å²) in [6, 6.07) is 2.07. The Morgan fingerprint density at radius 1 is 1.50 bits per heavy atom. The van der Waals surface area contributed by atoms with E-state index in [0.29, 0.717) is 5.92 Å². The molecule has 0 aromatic carbocycles. The summed E-state index contributed by atoms with van der Waals surface area (Å²) in [5.74, 6) is 1.68. The van der Waals surface area contributed by atoms with E-state index >= 15 is 0 Å². The lowest BCUT2D eigenvalue weighted by molar-refractivity contribution is 0.373. The second-order valence-corrected chi connectivity index (χ2v) is 3.63. The van der Waals surface area contributed by atoms with Gasteiger partial charge >= 0.3 is 0 Å². The van der Waals surface area contributed by atoms with Crippen molar-refractivity contribution in [3.05, 3.63) is 17.5 Å². The van der Waals surface area contributed by atoms with Gasteiger partial charge in [0.1, 0.15) is 5.76 Å². The van der Waals surface area contributed by atoms with Crippen molar-refractivity contribution in [1.82, 2.24) is 5.16 Å². The Balaban J connectivity index is 2.52. The minimum absolute atomic E-state index is 0.657. The maximum Gasteiger partial charge on any atom is 0.136 e. The fourth-order valence-electron chi connectivity index (χ4n) is 1.23.